The quantitative estimate of drug-likeness (QED) is 0.865. The predicted octanol–water partition coefficient (Wildman–Crippen LogP) is 2.52. The van der Waals surface area contributed by atoms with Crippen LogP contribution < -0.4 is 4.90 Å². The Morgan fingerprint density at radius 3 is 2.79 bits per heavy atom. The monoisotopic (exact) mass is 328 g/mol. The van der Waals surface area contributed by atoms with Gasteiger partial charge in [-0.3, -0.25) is 0 Å². The fourth-order valence-electron chi connectivity index (χ4n) is 2.87. The van der Waals surface area contributed by atoms with Crippen LogP contribution in [0.15, 0.2) is 36.7 Å². The maximum absolute atomic E-state index is 12.6. The minimum absolute atomic E-state index is 0.0950. The van der Waals surface area contributed by atoms with E-state index in [-0.39, 0.29) is 6.03 Å². The van der Waals surface area contributed by atoms with Crippen molar-refractivity contribution in [3.05, 3.63) is 47.8 Å². The van der Waals surface area contributed by atoms with Gasteiger partial charge in [0.2, 0.25) is 0 Å². The lowest BCUT2D eigenvalue weighted by Gasteiger charge is -2.29. The number of anilines is 1. The van der Waals surface area contributed by atoms with Crippen LogP contribution in [0.3, 0.4) is 0 Å². The first-order valence-corrected chi connectivity index (χ1v) is 8.39. The fraction of sp³-hybridized carbons (Fsp3) is 0.444. The second-order valence-corrected chi connectivity index (χ2v) is 6.03. The van der Waals surface area contributed by atoms with Gasteiger partial charge in [-0.25, -0.2) is 4.79 Å². The summed E-state index contributed by atoms with van der Waals surface area (Å²) >= 11 is 0. The van der Waals surface area contributed by atoms with Crippen molar-refractivity contribution >= 4 is 11.7 Å². The van der Waals surface area contributed by atoms with Gasteiger partial charge in [-0.15, -0.1) is 0 Å². The van der Waals surface area contributed by atoms with Crippen LogP contribution in [0.1, 0.15) is 18.1 Å². The van der Waals surface area contributed by atoms with E-state index in [1.807, 2.05) is 13.8 Å². The van der Waals surface area contributed by atoms with Crippen molar-refractivity contribution in [1.29, 1.82) is 0 Å². The van der Waals surface area contributed by atoms with Gasteiger partial charge in [0.15, 0.2) is 0 Å². The van der Waals surface area contributed by atoms with Gasteiger partial charge in [0.1, 0.15) is 0 Å². The molecule has 1 aromatic carbocycles. The van der Waals surface area contributed by atoms with E-state index in [1.165, 1.54) is 10.4 Å². The van der Waals surface area contributed by atoms with E-state index in [4.69, 9.17) is 4.74 Å². The van der Waals surface area contributed by atoms with Gasteiger partial charge in [-0.1, -0.05) is 12.1 Å². The molecule has 0 aliphatic carbocycles. The summed E-state index contributed by atoms with van der Waals surface area (Å²) in [5.74, 6) is 0. The Balaban J connectivity index is 1.72. The third kappa shape index (κ3) is 3.76. The zero-order valence-electron chi connectivity index (χ0n) is 14.3. The van der Waals surface area contributed by atoms with Crippen LogP contribution >= 0.6 is 0 Å². The highest BCUT2D eigenvalue weighted by atomic mass is 16.5. The number of hydrogen-bond acceptors (Lipinski definition) is 4. The molecule has 6 nitrogen and oxygen atoms in total. The first-order chi connectivity index (χ1) is 11.7. The summed E-state index contributed by atoms with van der Waals surface area (Å²) in [4.78, 5) is 16.7. The Morgan fingerprint density at radius 2 is 2.12 bits per heavy atom. The van der Waals surface area contributed by atoms with Gasteiger partial charge in [-0.2, -0.15) is 9.78 Å². The molecule has 1 fully saturated rings. The lowest BCUT2D eigenvalue weighted by atomic mass is 10.1. The zero-order chi connectivity index (χ0) is 16.9. The number of aryl methyl sites for hydroxylation is 1. The smallest absolute Gasteiger partial charge is 0.344 e. The molecule has 1 saturated heterocycles. The van der Waals surface area contributed by atoms with Crippen LogP contribution in [0.4, 0.5) is 10.5 Å². The Kier molecular flexibility index (Phi) is 5.15. The lowest BCUT2D eigenvalue weighted by Crippen LogP contribution is -2.36. The Bertz CT molecular complexity index is 692. The van der Waals surface area contributed by atoms with Crippen molar-refractivity contribution in [2.24, 2.45) is 0 Å². The molecule has 2 heterocycles. The molecule has 24 heavy (non-hydrogen) atoms. The topological polar surface area (TPSA) is 50.6 Å². The van der Waals surface area contributed by atoms with Crippen molar-refractivity contribution in [2.45, 2.75) is 20.4 Å². The van der Waals surface area contributed by atoms with Crippen LogP contribution in [-0.4, -0.2) is 53.6 Å². The molecule has 1 aliphatic heterocycles. The van der Waals surface area contributed by atoms with Crippen LogP contribution in [0, 0.1) is 6.92 Å². The summed E-state index contributed by atoms with van der Waals surface area (Å²) in [6.45, 7) is 8.48. The number of nitrogens with zero attached hydrogens (tertiary/aromatic N) is 4. The third-order valence-corrected chi connectivity index (χ3v) is 4.22. The average molecular weight is 328 g/mol. The maximum Gasteiger partial charge on any atom is 0.344 e. The van der Waals surface area contributed by atoms with Crippen LogP contribution in [-0.2, 0) is 11.3 Å². The third-order valence-electron chi connectivity index (χ3n) is 4.22. The molecule has 128 valence electrons. The summed E-state index contributed by atoms with van der Waals surface area (Å²) in [6.07, 6.45) is 3.46. The summed E-state index contributed by atoms with van der Waals surface area (Å²) < 4.78 is 6.82. The predicted molar refractivity (Wildman–Crippen MR) is 93.3 cm³/mol. The molecule has 1 aromatic heterocycles. The van der Waals surface area contributed by atoms with E-state index in [2.05, 4.69) is 34.3 Å². The van der Waals surface area contributed by atoms with Crippen molar-refractivity contribution in [3.63, 3.8) is 0 Å². The second kappa shape index (κ2) is 7.49. The van der Waals surface area contributed by atoms with Gasteiger partial charge in [0.25, 0.3) is 0 Å². The molecule has 0 atom stereocenters. The summed E-state index contributed by atoms with van der Waals surface area (Å²) in [5.41, 5.74) is 3.29. The molecule has 3 rings (SSSR count). The first-order valence-electron chi connectivity index (χ1n) is 8.39. The molecular formula is C18H24N4O2. The van der Waals surface area contributed by atoms with E-state index >= 15 is 0 Å². The molecular weight excluding hydrogens is 304 g/mol. The number of morpholine rings is 1. The molecule has 6 heteroatoms. The minimum Gasteiger partial charge on any atom is -0.378 e. The highest BCUT2D eigenvalue weighted by Gasteiger charge is 2.16. The number of benzene rings is 1. The normalized spacial score (nSPS) is 14.7. The van der Waals surface area contributed by atoms with Gasteiger partial charge in [0, 0.05) is 38.1 Å². The van der Waals surface area contributed by atoms with Crippen molar-refractivity contribution in [2.75, 3.05) is 37.7 Å². The van der Waals surface area contributed by atoms with Crippen LogP contribution in [0.2, 0.25) is 0 Å². The van der Waals surface area contributed by atoms with E-state index < -0.39 is 0 Å². The highest BCUT2D eigenvalue weighted by molar-refractivity contribution is 5.76. The molecule has 0 saturated carbocycles. The Hall–Kier alpha value is -2.34. The number of carbonyl (C=O) groups is 1. The SMILES string of the molecule is CCN(Cc1cccc(N2CCOCC2)c1)C(=O)n1cc(C)cn1. The molecule has 2 aromatic rings. The first kappa shape index (κ1) is 16.5. The summed E-state index contributed by atoms with van der Waals surface area (Å²) in [5, 5.41) is 4.12. The van der Waals surface area contributed by atoms with Gasteiger partial charge in [0.05, 0.1) is 19.4 Å². The van der Waals surface area contributed by atoms with Crippen LogP contribution in [0.5, 0.6) is 0 Å². The van der Waals surface area contributed by atoms with E-state index in [0.29, 0.717) is 13.1 Å². The van der Waals surface area contributed by atoms with Gasteiger partial charge >= 0.3 is 6.03 Å². The molecule has 0 spiro atoms. The number of amides is 1. The molecule has 0 radical (unpaired) electrons. The summed E-state index contributed by atoms with van der Waals surface area (Å²) in [6, 6.07) is 8.30. The van der Waals surface area contributed by atoms with E-state index in [9.17, 15) is 4.79 Å². The highest BCUT2D eigenvalue weighted by Crippen LogP contribution is 2.19. The molecule has 1 aliphatic rings. The minimum atomic E-state index is -0.0950. The Labute approximate surface area is 142 Å². The number of rotatable bonds is 4. The summed E-state index contributed by atoms with van der Waals surface area (Å²) in [7, 11) is 0. The number of aromatic nitrogens is 2. The Morgan fingerprint density at radius 1 is 1.33 bits per heavy atom. The maximum atomic E-state index is 12.6. The van der Waals surface area contributed by atoms with E-state index in [1.54, 1.807) is 17.3 Å². The van der Waals surface area contributed by atoms with Crippen molar-refractivity contribution in [3.8, 4) is 0 Å². The van der Waals surface area contributed by atoms with Crippen LogP contribution in [0.25, 0.3) is 0 Å². The number of hydrogen-bond donors (Lipinski definition) is 0. The molecule has 1 amide bonds. The van der Waals surface area contributed by atoms with Crippen molar-refractivity contribution < 1.29 is 9.53 Å². The molecule has 0 unspecified atom stereocenters. The molecule has 0 bridgehead atoms. The largest absolute Gasteiger partial charge is 0.378 e. The standard InChI is InChI=1S/C18H24N4O2/c1-3-20(18(23)22-13-15(2)12-19-22)14-16-5-4-6-17(11-16)21-7-9-24-10-8-21/h4-6,11-13H,3,7-10,14H2,1-2H3. The second-order valence-electron chi connectivity index (χ2n) is 6.03. The molecule has 0 N–H and O–H groups in total. The van der Waals surface area contributed by atoms with Gasteiger partial charge < -0.3 is 14.5 Å². The van der Waals surface area contributed by atoms with E-state index in [0.717, 1.165) is 37.4 Å². The lowest BCUT2D eigenvalue weighted by molar-refractivity contribution is 0.122. The number of ether oxygens (including phenoxy) is 1. The average Bonchev–Trinajstić information content (AvgIpc) is 3.06. The van der Waals surface area contributed by atoms with Gasteiger partial charge in [-0.05, 0) is 37.1 Å². The number of carbonyl (C=O) groups excluding carboxylic acids is 1. The van der Waals surface area contributed by atoms with Crippen molar-refractivity contribution in [1.82, 2.24) is 14.7 Å². The zero-order valence-corrected chi connectivity index (χ0v) is 14.3. The fourth-order valence-corrected chi connectivity index (χ4v) is 2.87.